The number of nitrogens with two attached hydrogens (primary N) is 1. The number of nitrogens with zero attached hydrogens (tertiary/aromatic N) is 2. The molecule has 0 saturated carbocycles. The topological polar surface area (TPSA) is 134 Å². The molecule has 0 unspecified atom stereocenters. The molecule has 3 aromatic rings. The zero-order valence-electron chi connectivity index (χ0n) is 16.7. The molecule has 0 spiro atoms. The first kappa shape index (κ1) is 21.3. The summed E-state index contributed by atoms with van der Waals surface area (Å²) in [4.78, 5) is 41.3. The van der Waals surface area contributed by atoms with E-state index in [1.807, 2.05) is 0 Å². The van der Waals surface area contributed by atoms with Gasteiger partial charge in [0.1, 0.15) is 10.7 Å². The van der Waals surface area contributed by atoms with Crippen LogP contribution in [0.15, 0.2) is 23.0 Å². The SMILES string of the molecule is COc1ccc(-c2nc3sc(C(N)=O)c(C)c3c(=O)n2CCCC(=O)O)cc1OC. The molecule has 9 nitrogen and oxygen atoms in total. The third-order valence-corrected chi connectivity index (χ3v) is 5.89. The summed E-state index contributed by atoms with van der Waals surface area (Å²) < 4.78 is 12.0. The first-order valence-electron chi connectivity index (χ1n) is 9.06. The van der Waals surface area contributed by atoms with Crippen molar-refractivity contribution in [2.24, 2.45) is 5.73 Å². The van der Waals surface area contributed by atoms with Gasteiger partial charge >= 0.3 is 5.97 Å². The van der Waals surface area contributed by atoms with E-state index < -0.39 is 11.9 Å². The molecule has 3 N–H and O–H groups in total. The largest absolute Gasteiger partial charge is 0.493 e. The highest BCUT2D eigenvalue weighted by Gasteiger charge is 2.21. The van der Waals surface area contributed by atoms with Crippen LogP contribution in [0, 0.1) is 6.92 Å². The second-order valence-electron chi connectivity index (χ2n) is 6.56. The van der Waals surface area contributed by atoms with Crippen molar-refractivity contribution in [3.05, 3.63) is 39.0 Å². The number of carboxylic acids is 1. The standard InChI is InChI=1S/C20H21N3O6S/c1-10-15-19(30-16(10)17(21)26)22-18(23(20(15)27)8-4-5-14(24)25)11-6-7-12(28-2)13(9-11)29-3/h6-7,9H,4-5,8H2,1-3H3,(H2,21,26)(H,24,25). The Kier molecular flexibility index (Phi) is 6.06. The van der Waals surface area contributed by atoms with E-state index >= 15 is 0 Å². The Hall–Kier alpha value is -3.40. The van der Waals surface area contributed by atoms with E-state index in [2.05, 4.69) is 4.98 Å². The second-order valence-corrected chi connectivity index (χ2v) is 7.56. The Morgan fingerprint density at radius 1 is 1.23 bits per heavy atom. The number of amides is 1. The molecule has 0 aliphatic rings. The molecule has 0 fully saturated rings. The van der Waals surface area contributed by atoms with Crippen LogP contribution in [0.5, 0.6) is 11.5 Å². The van der Waals surface area contributed by atoms with Gasteiger partial charge in [0.2, 0.25) is 0 Å². The van der Waals surface area contributed by atoms with Crippen LogP contribution < -0.4 is 20.8 Å². The number of aromatic nitrogens is 2. The number of methoxy groups -OCH3 is 2. The third kappa shape index (κ3) is 3.86. The van der Waals surface area contributed by atoms with Crippen LogP contribution in [0.2, 0.25) is 0 Å². The van der Waals surface area contributed by atoms with E-state index in [-0.39, 0.29) is 29.8 Å². The van der Waals surface area contributed by atoms with Gasteiger partial charge in [-0.2, -0.15) is 0 Å². The van der Waals surface area contributed by atoms with Crippen LogP contribution in [0.4, 0.5) is 0 Å². The molecule has 1 amide bonds. The van der Waals surface area contributed by atoms with Gasteiger partial charge in [-0.25, -0.2) is 4.98 Å². The van der Waals surface area contributed by atoms with Crippen molar-refractivity contribution in [1.82, 2.24) is 9.55 Å². The van der Waals surface area contributed by atoms with E-state index in [1.54, 1.807) is 25.1 Å². The zero-order chi connectivity index (χ0) is 22.0. The highest BCUT2D eigenvalue weighted by Crippen LogP contribution is 2.33. The maximum absolute atomic E-state index is 13.3. The van der Waals surface area contributed by atoms with E-state index in [0.717, 1.165) is 11.3 Å². The maximum Gasteiger partial charge on any atom is 0.303 e. The Morgan fingerprint density at radius 2 is 1.93 bits per heavy atom. The van der Waals surface area contributed by atoms with E-state index in [4.69, 9.17) is 20.3 Å². The van der Waals surface area contributed by atoms with Gasteiger partial charge < -0.3 is 20.3 Å². The summed E-state index contributed by atoms with van der Waals surface area (Å²) in [5, 5.41) is 9.28. The van der Waals surface area contributed by atoms with Crippen LogP contribution in [-0.2, 0) is 11.3 Å². The molecule has 10 heteroatoms. The normalized spacial score (nSPS) is 10.9. The first-order chi connectivity index (χ1) is 14.3. The zero-order valence-corrected chi connectivity index (χ0v) is 17.5. The lowest BCUT2D eigenvalue weighted by Crippen LogP contribution is -2.24. The van der Waals surface area contributed by atoms with E-state index in [9.17, 15) is 14.4 Å². The fraction of sp³-hybridized carbons (Fsp3) is 0.300. The average molecular weight is 431 g/mol. The molecule has 0 radical (unpaired) electrons. The van der Waals surface area contributed by atoms with Crippen molar-refractivity contribution >= 4 is 33.4 Å². The Bertz CT molecular complexity index is 1200. The molecular weight excluding hydrogens is 410 g/mol. The minimum absolute atomic E-state index is 0.0923. The molecule has 2 aromatic heterocycles. The minimum atomic E-state index is -0.951. The van der Waals surface area contributed by atoms with E-state index in [1.165, 1.54) is 18.8 Å². The van der Waals surface area contributed by atoms with Crippen molar-refractivity contribution in [2.75, 3.05) is 14.2 Å². The number of carbonyl (C=O) groups excluding carboxylic acids is 1. The molecule has 0 atom stereocenters. The monoisotopic (exact) mass is 431 g/mol. The Morgan fingerprint density at radius 3 is 2.53 bits per heavy atom. The number of hydrogen-bond donors (Lipinski definition) is 2. The number of hydrogen-bond acceptors (Lipinski definition) is 7. The van der Waals surface area contributed by atoms with Gasteiger partial charge in [0, 0.05) is 18.5 Å². The van der Waals surface area contributed by atoms with Crippen LogP contribution in [0.25, 0.3) is 21.6 Å². The number of aryl methyl sites for hydroxylation is 1. The maximum atomic E-state index is 13.3. The molecule has 3 rings (SSSR count). The van der Waals surface area contributed by atoms with Crippen LogP contribution in [0.3, 0.4) is 0 Å². The Labute approximate surface area is 175 Å². The number of thiophene rings is 1. The van der Waals surface area contributed by atoms with Gasteiger partial charge in [-0.05, 0) is 37.1 Å². The predicted molar refractivity (Wildman–Crippen MR) is 113 cm³/mol. The average Bonchev–Trinajstić information content (AvgIpc) is 3.05. The molecule has 0 saturated heterocycles. The number of carboxylic acid groups (broad SMARTS) is 1. The molecule has 30 heavy (non-hydrogen) atoms. The van der Waals surface area contributed by atoms with Crippen molar-refractivity contribution in [3.8, 4) is 22.9 Å². The van der Waals surface area contributed by atoms with Crippen molar-refractivity contribution < 1.29 is 24.2 Å². The summed E-state index contributed by atoms with van der Waals surface area (Å²) >= 11 is 1.06. The lowest BCUT2D eigenvalue weighted by atomic mass is 10.1. The molecule has 0 aliphatic carbocycles. The van der Waals surface area contributed by atoms with Gasteiger partial charge in [0.05, 0.1) is 24.5 Å². The van der Waals surface area contributed by atoms with E-state index in [0.29, 0.717) is 38.7 Å². The second kappa shape index (κ2) is 8.54. The summed E-state index contributed by atoms with van der Waals surface area (Å²) in [6.07, 6.45) is 0.152. The number of rotatable bonds is 8. The summed E-state index contributed by atoms with van der Waals surface area (Å²) in [5.41, 5.74) is 6.16. The summed E-state index contributed by atoms with van der Waals surface area (Å²) in [7, 11) is 3.02. The van der Waals surface area contributed by atoms with Crippen LogP contribution in [-0.4, -0.2) is 40.8 Å². The fourth-order valence-corrected chi connectivity index (χ4v) is 4.27. The summed E-state index contributed by atoms with van der Waals surface area (Å²) in [5.74, 6) is -0.254. The summed E-state index contributed by atoms with van der Waals surface area (Å²) in [6, 6.07) is 5.12. The molecule has 0 aliphatic heterocycles. The number of aliphatic carboxylic acids is 1. The fourth-order valence-electron chi connectivity index (χ4n) is 3.24. The minimum Gasteiger partial charge on any atom is -0.493 e. The highest BCUT2D eigenvalue weighted by molar-refractivity contribution is 7.20. The van der Waals surface area contributed by atoms with Gasteiger partial charge in [-0.3, -0.25) is 19.0 Å². The third-order valence-electron chi connectivity index (χ3n) is 4.69. The molecule has 158 valence electrons. The molecular formula is C20H21N3O6S. The smallest absolute Gasteiger partial charge is 0.303 e. The lowest BCUT2D eigenvalue weighted by Gasteiger charge is -2.14. The van der Waals surface area contributed by atoms with Crippen LogP contribution in [0.1, 0.15) is 28.1 Å². The van der Waals surface area contributed by atoms with Gasteiger partial charge in [-0.15, -0.1) is 11.3 Å². The molecule has 0 bridgehead atoms. The predicted octanol–water partition coefficient (Wildman–Crippen LogP) is 2.41. The van der Waals surface area contributed by atoms with Gasteiger partial charge in [0.25, 0.3) is 11.5 Å². The molecule has 2 heterocycles. The number of benzene rings is 1. The van der Waals surface area contributed by atoms with Gasteiger partial charge in [0.15, 0.2) is 11.5 Å². The van der Waals surface area contributed by atoms with Crippen molar-refractivity contribution in [2.45, 2.75) is 26.3 Å². The number of fused-ring (bicyclic) bond motifs is 1. The van der Waals surface area contributed by atoms with Crippen LogP contribution >= 0.6 is 11.3 Å². The Balaban J connectivity index is 2.26. The van der Waals surface area contributed by atoms with Crippen molar-refractivity contribution in [1.29, 1.82) is 0 Å². The number of ether oxygens (including phenoxy) is 2. The lowest BCUT2D eigenvalue weighted by molar-refractivity contribution is -0.137. The van der Waals surface area contributed by atoms with Gasteiger partial charge in [-0.1, -0.05) is 0 Å². The number of primary amides is 1. The number of carbonyl (C=O) groups is 2. The summed E-state index contributed by atoms with van der Waals surface area (Å²) in [6.45, 7) is 1.80. The first-order valence-corrected chi connectivity index (χ1v) is 9.88. The highest BCUT2D eigenvalue weighted by atomic mass is 32.1. The quantitative estimate of drug-likeness (QED) is 0.559. The molecule has 1 aromatic carbocycles. The van der Waals surface area contributed by atoms with Crippen molar-refractivity contribution in [3.63, 3.8) is 0 Å².